The maximum Gasteiger partial charge on any atom is 0.416 e. The highest BCUT2D eigenvalue weighted by atomic mass is 19.4. The minimum Gasteiger partial charge on any atom is -0.321 e. The number of benzene rings is 1. The zero-order chi connectivity index (χ0) is 16.9. The van der Waals surface area contributed by atoms with Crippen molar-refractivity contribution in [3.63, 3.8) is 0 Å². The minimum absolute atomic E-state index is 0.0410. The lowest BCUT2D eigenvalue weighted by Crippen LogP contribution is -2.14. The normalized spacial score (nSPS) is 11.7. The van der Waals surface area contributed by atoms with Crippen LogP contribution < -0.4 is 5.32 Å². The van der Waals surface area contributed by atoms with Crippen LogP contribution in [0.5, 0.6) is 0 Å². The molecule has 0 aliphatic carbocycles. The third-order valence-corrected chi connectivity index (χ3v) is 2.83. The third kappa shape index (κ3) is 4.41. The van der Waals surface area contributed by atoms with Crippen LogP contribution in [0.3, 0.4) is 0 Å². The molecule has 1 aromatic heterocycles. The zero-order valence-electron chi connectivity index (χ0n) is 11.6. The maximum atomic E-state index is 12.6. The molecule has 0 aliphatic heterocycles. The highest BCUT2D eigenvalue weighted by Crippen LogP contribution is 2.30. The number of rotatable bonds is 3. The number of halogens is 3. The van der Waals surface area contributed by atoms with Crippen molar-refractivity contribution in [2.24, 2.45) is 0 Å². The number of aromatic nitrogens is 1. The van der Waals surface area contributed by atoms with Gasteiger partial charge in [0.15, 0.2) is 0 Å². The number of nitriles is 1. The van der Waals surface area contributed by atoms with Crippen molar-refractivity contribution < 1.29 is 18.0 Å². The smallest absolute Gasteiger partial charge is 0.321 e. The number of hydrogen-bond acceptors (Lipinski definition) is 3. The van der Waals surface area contributed by atoms with Gasteiger partial charge in [-0.1, -0.05) is 6.07 Å². The molecule has 0 saturated heterocycles. The third-order valence-electron chi connectivity index (χ3n) is 2.83. The van der Waals surface area contributed by atoms with E-state index in [2.05, 4.69) is 10.3 Å². The number of hydrogen-bond donors (Lipinski definition) is 1. The Balaban J connectivity index is 2.21. The molecule has 2 rings (SSSR count). The molecule has 0 spiro atoms. The van der Waals surface area contributed by atoms with E-state index in [4.69, 9.17) is 5.26 Å². The molecular weight excluding hydrogens is 307 g/mol. The summed E-state index contributed by atoms with van der Waals surface area (Å²) in [5.41, 5.74) is -0.572. The summed E-state index contributed by atoms with van der Waals surface area (Å²) in [7, 11) is 0. The second-order valence-corrected chi connectivity index (χ2v) is 4.48. The Kier molecular flexibility index (Phi) is 4.76. The van der Waals surface area contributed by atoms with Crippen LogP contribution in [0.2, 0.25) is 0 Å². The van der Waals surface area contributed by atoms with Crippen LogP contribution in [-0.2, 0) is 11.0 Å². The van der Waals surface area contributed by atoms with Gasteiger partial charge in [-0.3, -0.25) is 9.78 Å². The predicted molar refractivity (Wildman–Crippen MR) is 77.9 cm³/mol. The summed E-state index contributed by atoms with van der Waals surface area (Å²) in [6, 6.07) is 9.10. The summed E-state index contributed by atoms with van der Waals surface area (Å²) in [4.78, 5) is 15.8. The monoisotopic (exact) mass is 317 g/mol. The largest absolute Gasteiger partial charge is 0.416 e. The van der Waals surface area contributed by atoms with Gasteiger partial charge < -0.3 is 5.32 Å². The summed E-state index contributed by atoms with van der Waals surface area (Å²) in [6.07, 6.45) is -0.201. The first kappa shape index (κ1) is 16.2. The molecule has 4 nitrogen and oxygen atoms in total. The summed E-state index contributed by atoms with van der Waals surface area (Å²) in [5, 5.41) is 11.3. The highest BCUT2D eigenvalue weighted by Gasteiger charge is 2.30. The number of pyridine rings is 1. The van der Waals surface area contributed by atoms with Gasteiger partial charge in [0, 0.05) is 18.1 Å². The lowest BCUT2D eigenvalue weighted by Gasteiger charge is -2.09. The molecule has 7 heteroatoms. The number of nitrogens with zero attached hydrogens (tertiary/aromatic N) is 2. The molecule has 0 unspecified atom stereocenters. The molecule has 0 aliphatic rings. The van der Waals surface area contributed by atoms with Crippen molar-refractivity contribution in [2.45, 2.75) is 6.18 Å². The van der Waals surface area contributed by atoms with Crippen LogP contribution in [0.4, 0.5) is 18.9 Å². The fourth-order valence-corrected chi connectivity index (χ4v) is 1.75. The average Bonchev–Trinajstić information content (AvgIpc) is 2.53. The van der Waals surface area contributed by atoms with Crippen LogP contribution in [0, 0.1) is 11.3 Å². The predicted octanol–water partition coefficient (Wildman–Crippen LogP) is 3.65. The second kappa shape index (κ2) is 6.75. The fraction of sp³-hybridized carbons (Fsp3) is 0.0625. The molecule has 0 radical (unpaired) electrons. The molecule has 0 atom stereocenters. The Hall–Kier alpha value is -3.14. The highest BCUT2D eigenvalue weighted by molar-refractivity contribution is 6.09. The van der Waals surface area contributed by atoms with Crippen LogP contribution in [0.1, 0.15) is 11.1 Å². The van der Waals surface area contributed by atoms with Gasteiger partial charge in [0.25, 0.3) is 5.91 Å². The Morgan fingerprint density at radius 3 is 2.52 bits per heavy atom. The van der Waals surface area contributed by atoms with Crippen LogP contribution in [0.25, 0.3) is 6.08 Å². The van der Waals surface area contributed by atoms with Gasteiger partial charge in [0.2, 0.25) is 0 Å². The van der Waals surface area contributed by atoms with Gasteiger partial charge in [-0.25, -0.2) is 0 Å². The van der Waals surface area contributed by atoms with Crippen LogP contribution >= 0.6 is 0 Å². The Morgan fingerprint density at radius 2 is 1.91 bits per heavy atom. The summed E-state index contributed by atoms with van der Waals surface area (Å²) >= 11 is 0. The molecule has 0 fully saturated rings. The van der Waals surface area contributed by atoms with Gasteiger partial charge >= 0.3 is 6.18 Å². The van der Waals surface area contributed by atoms with Crippen molar-refractivity contribution in [1.82, 2.24) is 4.98 Å². The quantitative estimate of drug-likeness (QED) is 0.694. The number of anilines is 1. The lowest BCUT2D eigenvalue weighted by atomic mass is 10.1. The summed E-state index contributed by atoms with van der Waals surface area (Å²) in [6.45, 7) is 0. The zero-order valence-corrected chi connectivity index (χ0v) is 11.6. The molecule has 1 heterocycles. The van der Waals surface area contributed by atoms with Crippen molar-refractivity contribution in [3.8, 4) is 6.07 Å². The van der Waals surface area contributed by atoms with E-state index in [1.54, 1.807) is 18.2 Å². The van der Waals surface area contributed by atoms with E-state index in [-0.39, 0.29) is 11.3 Å². The maximum absolute atomic E-state index is 12.6. The molecule has 23 heavy (non-hydrogen) atoms. The number of amides is 1. The topological polar surface area (TPSA) is 65.8 Å². The van der Waals surface area contributed by atoms with Crippen LogP contribution in [-0.4, -0.2) is 10.9 Å². The van der Waals surface area contributed by atoms with E-state index in [1.807, 2.05) is 0 Å². The van der Waals surface area contributed by atoms with Crippen molar-refractivity contribution in [2.75, 3.05) is 5.32 Å². The van der Waals surface area contributed by atoms with Gasteiger partial charge in [0.05, 0.1) is 5.56 Å². The van der Waals surface area contributed by atoms with Gasteiger partial charge in [-0.2, -0.15) is 18.4 Å². The molecule has 1 amide bonds. The van der Waals surface area contributed by atoms with Gasteiger partial charge in [-0.05, 0) is 42.0 Å². The Morgan fingerprint density at radius 1 is 1.22 bits per heavy atom. The second-order valence-electron chi connectivity index (χ2n) is 4.48. The SMILES string of the molecule is N#C/C(=C/c1ccncc1)C(=O)Nc1cccc(C(F)(F)F)c1. The first-order chi connectivity index (χ1) is 10.9. The van der Waals surface area contributed by atoms with Crippen molar-refractivity contribution in [3.05, 3.63) is 65.5 Å². The first-order valence-electron chi connectivity index (χ1n) is 6.40. The number of alkyl halides is 3. The van der Waals surface area contributed by atoms with E-state index < -0.39 is 17.6 Å². The standard InChI is InChI=1S/C16H10F3N3O/c17-16(18,19)13-2-1-3-14(9-13)22-15(23)12(10-20)8-11-4-6-21-7-5-11/h1-9H,(H,22,23)/b12-8-. The molecule has 1 aromatic carbocycles. The molecule has 2 aromatic rings. The van der Waals surface area contributed by atoms with E-state index >= 15 is 0 Å². The summed E-state index contributed by atoms with van der Waals surface area (Å²) < 4.78 is 37.9. The number of nitrogens with one attached hydrogen (secondary N) is 1. The number of carbonyl (C=O) groups is 1. The van der Waals surface area contributed by atoms with Crippen molar-refractivity contribution in [1.29, 1.82) is 5.26 Å². The molecular formula is C16H10F3N3O. The fourth-order valence-electron chi connectivity index (χ4n) is 1.75. The number of carbonyl (C=O) groups excluding carboxylic acids is 1. The molecule has 1 N–H and O–H groups in total. The Labute approximate surface area is 129 Å². The average molecular weight is 317 g/mol. The molecule has 0 bridgehead atoms. The lowest BCUT2D eigenvalue weighted by molar-refractivity contribution is -0.137. The molecule has 116 valence electrons. The Bertz CT molecular complexity index is 777. The first-order valence-corrected chi connectivity index (χ1v) is 6.40. The van der Waals surface area contributed by atoms with E-state index in [9.17, 15) is 18.0 Å². The van der Waals surface area contributed by atoms with E-state index in [0.29, 0.717) is 5.56 Å². The summed E-state index contributed by atoms with van der Waals surface area (Å²) in [5.74, 6) is -0.788. The van der Waals surface area contributed by atoms with Gasteiger partial charge in [0.1, 0.15) is 11.6 Å². The molecule has 0 saturated carbocycles. The van der Waals surface area contributed by atoms with Crippen molar-refractivity contribution >= 4 is 17.7 Å². The van der Waals surface area contributed by atoms with E-state index in [0.717, 1.165) is 12.1 Å². The van der Waals surface area contributed by atoms with E-state index in [1.165, 1.54) is 30.6 Å². The van der Waals surface area contributed by atoms with Crippen LogP contribution in [0.15, 0.2) is 54.4 Å². The van der Waals surface area contributed by atoms with Gasteiger partial charge in [-0.15, -0.1) is 0 Å². The minimum atomic E-state index is -4.51.